The molecule has 2 unspecified atom stereocenters. The topological polar surface area (TPSA) is 76.7 Å². The summed E-state index contributed by atoms with van der Waals surface area (Å²) in [5.74, 6) is 0.780. The van der Waals surface area contributed by atoms with Gasteiger partial charge in [-0.25, -0.2) is 0 Å². The van der Waals surface area contributed by atoms with Crippen LogP contribution in [0, 0.1) is 0 Å². The number of hydrogen-bond acceptors (Lipinski definition) is 4. The van der Waals surface area contributed by atoms with Crippen LogP contribution in [-0.4, -0.2) is 31.1 Å². The van der Waals surface area contributed by atoms with Gasteiger partial charge in [0.1, 0.15) is 6.04 Å². The summed E-state index contributed by atoms with van der Waals surface area (Å²) >= 11 is 0. The van der Waals surface area contributed by atoms with Crippen molar-refractivity contribution in [2.75, 3.05) is 13.2 Å². The highest BCUT2D eigenvalue weighted by molar-refractivity contribution is 5.97. The Kier molecular flexibility index (Phi) is 7.87. The maximum absolute atomic E-state index is 12.5. The van der Waals surface area contributed by atoms with Crippen molar-refractivity contribution < 1.29 is 19.1 Å². The van der Waals surface area contributed by atoms with Gasteiger partial charge in [0.2, 0.25) is 5.91 Å². The first kappa shape index (κ1) is 21.3. The van der Waals surface area contributed by atoms with Crippen LogP contribution in [0.1, 0.15) is 49.7 Å². The maximum Gasteiger partial charge on any atom is 0.251 e. The zero-order valence-electron chi connectivity index (χ0n) is 16.8. The molecule has 6 nitrogen and oxygen atoms in total. The van der Waals surface area contributed by atoms with Crippen LogP contribution in [0.25, 0.3) is 0 Å². The zero-order valence-corrected chi connectivity index (χ0v) is 16.8. The van der Waals surface area contributed by atoms with E-state index in [1.54, 1.807) is 31.2 Å². The molecule has 0 heterocycles. The van der Waals surface area contributed by atoms with Gasteiger partial charge >= 0.3 is 0 Å². The first-order valence-corrected chi connectivity index (χ1v) is 9.52. The van der Waals surface area contributed by atoms with Crippen molar-refractivity contribution in [2.45, 2.75) is 39.8 Å². The maximum atomic E-state index is 12.5. The second kappa shape index (κ2) is 10.3. The fourth-order valence-electron chi connectivity index (χ4n) is 2.69. The van der Waals surface area contributed by atoms with Gasteiger partial charge in [0, 0.05) is 5.56 Å². The predicted molar refractivity (Wildman–Crippen MR) is 109 cm³/mol. The summed E-state index contributed by atoms with van der Waals surface area (Å²) < 4.78 is 11.2. The molecule has 6 heteroatoms. The summed E-state index contributed by atoms with van der Waals surface area (Å²) in [6.45, 7) is 8.43. The molecule has 0 aliphatic heterocycles. The molecule has 2 rings (SSSR count). The summed E-state index contributed by atoms with van der Waals surface area (Å²) in [5, 5.41) is 5.64. The smallest absolute Gasteiger partial charge is 0.251 e. The predicted octanol–water partition coefficient (Wildman–Crippen LogP) is 3.48. The third-order valence-corrected chi connectivity index (χ3v) is 4.20. The van der Waals surface area contributed by atoms with E-state index < -0.39 is 6.04 Å². The van der Waals surface area contributed by atoms with E-state index in [0.717, 1.165) is 5.56 Å². The highest BCUT2D eigenvalue weighted by atomic mass is 16.5. The molecule has 2 atom stereocenters. The largest absolute Gasteiger partial charge is 0.490 e. The molecule has 0 spiro atoms. The van der Waals surface area contributed by atoms with Crippen LogP contribution in [0.2, 0.25) is 0 Å². The van der Waals surface area contributed by atoms with Crippen LogP contribution in [0.15, 0.2) is 48.5 Å². The highest BCUT2D eigenvalue weighted by Gasteiger charge is 2.19. The Hall–Kier alpha value is -3.02. The van der Waals surface area contributed by atoms with E-state index in [2.05, 4.69) is 10.6 Å². The summed E-state index contributed by atoms with van der Waals surface area (Å²) in [6.07, 6.45) is 0. The van der Waals surface area contributed by atoms with Crippen molar-refractivity contribution in [3.05, 3.63) is 59.7 Å². The molecular formula is C22H28N2O4. The van der Waals surface area contributed by atoms with Crippen molar-refractivity contribution >= 4 is 11.8 Å². The van der Waals surface area contributed by atoms with Gasteiger partial charge in [0.05, 0.1) is 19.3 Å². The minimum Gasteiger partial charge on any atom is -0.490 e. The number of rotatable bonds is 9. The van der Waals surface area contributed by atoms with Gasteiger partial charge < -0.3 is 20.1 Å². The molecule has 0 aliphatic carbocycles. The van der Waals surface area contributed by atoms with E-state index in [1.807, 2.05) is 45.0 Å². The Morgan fingerprint density at radius 3 is 2.18 bits per heavy atom. The molecule has 2 N–H and O–H groups in total. The molecular weight excluding hydrogens is 356 g/mol. The van der Waals surface area contributed by atoms with Gasteiger partial charge in [0.25, 0.3) is 5.91 Å². The van der Waals surface area contributed by atoms with E-state index in [4.69, 9.17) is 9.47 Å². The van der Waals surface area contributed by atoms with Crippen LogP contribution in [0.4, 0.5) is 0 Å². The minimum absolute atomic E-state index is 0.251. The SMILES string of the molecule is CCOc1ccc(C(C)NC(=O)C(C)NC(=O)c2ccccc2)cc1OCC. The van der Waals surface area contributed by atoms with Gasteiger partial charge in [0.15, 0.2) is 11.5 Å². The van der Waals surface area contributed by atoms with E-state index in [0.29, 0.717) is 30.3 Å². The molecule has 2 aromatic rings. The van der Waals surface area contributed by atoms with E-state index in [-0.39, 0.29) is 17.9 Å². The molecule has 150 valence electrons. The number of nitrogens with one attached hydrogen (secondary N) is 2. The van der Waals surface area contributed by atoms with E-state index in [9.17, 15) is 9.59 Å². The van der Waals surface area contributed by atoms with Gasteiger partial charge in [-0.15, -0.1) is 0 Å². The Bertz CT molecular complexity index is 792. The van der Waals surface area contributed by atoms with Crippen molar-refractivity contribution in [1.29, 1.82) is 0 Å². The monoisotopic (exact) mass is 384 g/mol. The minimum atomic E-state index is -0.663. The molecule has 28 heavy (non-hydrogen) atoms. The Morgan fingerprint density at radius 2 is 1.54 bits per heavy atom. The second-order valence-corrected chi connectivity index (χ2v) is 6.36. The third kappa shape index (κ3) is 5.74. The van der Waals surface area contributed by atoms with E-state index in [1.165, 1.54) is 0 Å². The number of benzene rings is 2. The summed E-state index contributed by atoms with van der Waals surface area (Å²) in [6, 6.07) is 13.5. The lowest BCUT2D eigenvalue weighted by Gasteiger charge is -2.20. The lowest BCUT2D eigenvalue weighted by Crippen LogP contribution is -2.45. The number of ether oxygens (including phenoxy) is 2. The summed E-state index contributed by atoms with van der Waals surface area (Å²) in [7, 11) is 0. The molecule has 0 aromatic heterocycles. The third-order valence-electron chi connectivity index (χ3n) is 4.20. The van der Waals surface area contributed by atoms with Crippen LogP contribution in [0.3, 0.4) is 0 Å². The molecule has 0 radical (unpaired) electrons. The van der Waals surface area contributed by atoms with Gasteiger partial charge in [-0.3, -0.25) is 9.59 Å². The molecule has 0 bridgehead atoms. The number of amides is 2. The molecule has 2 amide bonds. The standard InChI is InChI=1S/C22H28N2O4/c1-5-27-19-13-12-18(14-20(19)28-6-2)15(3)23-21(25)16(4)24-22(26)17-10-8-7-9-11-17/h7-16H,5-6H2,1-4H3,(H,23,25)(H,24,26). The molecule has 0 saturated carbocycles. The Morgan fingerprint density at radius 1 is 0.893 bits per heavy atom. The highest BCUT2D eigenvalue weighted by Crippen LogP contribution is 2.30. The van der Waals surface area contributed by atoms with E-state index >= 15 is 0 Å². The van der Waals surface area contributed by atoms with Gasteiger partial charge in [-0.2, -0.15) is 0 Å². The fourth-order valence-corrected chi connectivity index (χ4v) is 2.69. The molecule has 0 aliphatic rings. The van der Waals surface area contributed by atoms with Gasteiger partial charge in [-0.05, 0) is 57.5 Å². The van der Waals surface area contributed by atoms with Crippen LogP contribution in [-0.2, 0) is 4.79 Å². The zero-order chi connectivity index (χ0) is 20.5. The van der Waals surface area contributed by atoms with Crippen LogP contribution < -0.4 is 20.1 Å². The van der Waals surface area contributed by atoms with Crippen molar-refractivity contribution in [2.24, 2.45) is 0 Å². The Labute approximate surface area is 166 Å². The first-order chi connectivity index (χ1) is 13.5. The average Bonchev–Trinajstić information content (AvgIpc) is 2.70. The summed E-state index contributed by atoms with van der Waals surface area (Å²) in [5.41, 5.74) is 1.41. The van der Waals surface area contributed by atoms with Crippen LogP contribution in [0.5, 0.6) is 11.5 Å². The van der Waals surface area contributed by atoms with Crippen molar-refractivity contribution in [1.82, 2.24) is 10.6 Å². The lowest BCUT2D eigenvalue weighted by molar-refractivity contribution is -0.123. The van der Waals surface area contributed by atoms with Crippen molar-refractivity contribution in [3.8, 4) is 11.5 Å². The van der Waals surface area contributed by atoms with Crippen molar-refractivity contribution in [3.63, 3.8) is 0 Å². The quantitative estimate of drug-likeness (QED) is 0.694. The van der Waals surface area contributed by atoms with Gasteiger partial charge in [-0.1, -0.05) is 24.3 Å². The van der Waals surface area contributed by atoms with Crippen LogP contribution >= 0.6 is 0 Å². The normalized spacial score (nSPS) is 12.6. The number of hydrogen-bond donors (Lipinski definition) is 2. The first-order valence-electron chi connectivity index (χ1n) is 9.52. The second-order valence-electron chi connectivity index (χ2n) is 6.36. The molecule has 2 aromatic carbocycles. The fraction of sp³-hybridized carbons (Fsp3) is 0.364. The Balaban J connectivity index is 2.00. The number of carbonyl (C=O) groups excluding carboxylic acids is 2. The lowest BCUT2D eigenvalue weighted by atomic mass is 10.1. The average molecular weight is 384 g/mol. The summed E-state index contributed by atoms with van der Waals surface area (Å²) in [4.78, 5) is 24.7. The molecule has 0 fully saturated rings. The number of carbonyl (C=O) groups is 2. The molecule has 0 saturated heterocycles.